The van der Waals surface area contributed by atoms with E-state index in [1.54, 1.807) is 32.5 Å². The minimum atomic E-state index is -0.448. The molecule has 11 nitrogen and oxygen atoms in total. The van der Waals surface area contributed by atoms with Gasteiger partial charge in [-0.15, -0.1) is 0 Å². The molecular weight excluding hydrogens is 551 g/mol. The Bertz CT molecular complexity index is 1620. The second kappa shape index (κ2) is 13.6. The van der Waals surface area contributed by atoms with Crippen LogP contribution in [0.15, 0.2) is 49.2 Å². The molecule has 0 saturated carbocycles. The number of rotatable bonds is 13. The Balaban J connectivity index is 1.73. The molecule has 0 radical (unpaired) electrons. The molecular formula is C31H39FN8O3. The molecule has 0 saturated heterocycles. The van der Waals surface area contributed by atoms with Gasteiger partial charge in [0.15, 0.2) is 5.82 Å². The highest BCUT2D eigenvalue weighted by molar-refractivity contribution is 6.02. The van der Waals surface area contributed by atoms with Crippen LogP contribution in [0.5, 0.6) is 5.75 Å². The number of methoxy groups -OCH3 is 2. The second-order valence-electron chi connectivity index (χ2n) is 10.6. The number of likely N-dealkylation sites (N-methyl/N-ethyl adjacent to an activating group) is 2. The maximum Gasteiger partial charge on any atom is 0.247 e. The van der Waals surface area contributed by atoms with Crippen LogP contribution in [0.1, 0.15) is 25.7 Å². The lowest BCUT2D eigenvalue weighted by molar-refractivity contribution is -0.111. The van der Waals surface area contributed by atoms with Crippen molar-refractivity contribution in [1.29, 1.82) is 0 Å². The highest BCUT2D eigenvalue weighted by Gasteiger charge is 2.20. The number of carbonyl (C=O) groups is 1. The van der Waals surface area contributed by atoms with Gasteiger partial charge in [0.25, 0.3) is 0 Å². The molecule has 2 N–H and O–H groups in total. The molecule has 0 fully saturated rings. The zero-order valence-corrected chi connectivity index (χ0v) is 25.7. The normalized spacial score (nSPS) is 11.3. The van der Waals surface area contributed by atoms with Gasteiger partial charge in [0.1, 0.15) is 23.7 Å². The molecule has 0 unspecified atom stereocenters. The van der Waals surface area contributed by atoms with Crippen molar-refractivity contribution in [3.63, 3.8) is 0 Å². The molecule has 0 bridgehead atoms. The number of halogens is 1. The first-order valence-corrected chi connectivity index (χ1v) is 13.9. The molecule has 0 aliphatic rings. The molecule has 2 heterocycles. The second-order valence-corrected chi connectivity index (χ2v) is 10.6. The van der Waals surface area contributed by atoms with Crippen molar-refractivity contribution in [2.75, 3.05) is 64.0 Å². The zero-order valence-electron chi connectivity index (χ0n) is 25.7. The first-order chi connectivity index (χ1) is 20.6. The van der Waals surface area contributed by atoms with Crippen LogP contribution in [0.2, 0.25) is 0 Å². The van der Waals surface area contributed by atoms with Gasteiger partial charge in [0.05, 0.1) is 35.4 Å². The summed E-state index contributed by atoms with van der Waals surface area (Å²) in [4.78, 5) is 30.0. The van der Waals surface area contributed by atoms with Crippen LogP contribution >= 0.6 is 0 Å². The molecule has 12 heteroatoms. The molecule has 1 amide bonds. The fourth-order valence-corrected chi connectivity index (χ4v) is 4.76. The summed E-state index contributed by atoms with van der Waals surface area (Å²) in [6.45, 7) is 9.40. The molecule has 0 spiro atoms. The minimum Gasteiger partial charge on any atom is -0.494 e. The van der Waals surface area contributed by atoms with Crippen molar-refractivity contribution in [2.24, 2.45) is 0 Å². The van der Waals surface area contributed by atoms with E-state index in [-0.39, 0.29) is 30.0 Å². The number of fused-ring (bicyclic) bond motifs is 1. The number of hydrogen-bond donors (Lipinski definition) is 2. The predicted octanol–water partition coefficient (Wildman–Crippen LogP) is 5.23. The van der Waals surface area contributed by atoms with E-state index in [2.05, 4.69) is 37.1 Å². The number of anilines is 4. The number of hydrogen-bond acceptors (Lipinski definition) is 9. The van der Waals surface area contributed by atoms with Crippen molar-refractivity contribution < 1.29 is 18.7 Å². The highest BCUT2D eigenvalue weighted by atomic mass is 19.1. The molecule has 4 aromatic rings. The van der Waals surface area contributed by atoms with Crippen LogP contribution in [0, 0.1) is 5.82 Å². The quantitative estimate of drug-likeness (QED) is 0.202. The van der Waals surface area contributed by atoms with Crippen molar-refractivity contribution in [3.05, 3.63) is 60.8 Å². The van der Waals surface area contributed by atoms with Gasteiger partial charge >= 0.3 is 0 Å². The summed E-state index contributed by atoms with van der Waals surface area (Å²) in [7, 11) is 9.10. The monoisotopic (exact) mass is 590 g/mol. The molecule has 2 aromatic carbocycles. The lowest BCUT2D eigenvalue weighted by Crippen LogP contribution is -2.29. The van der Waals surface area contributed by atoms with Gasteiger partial charge in [-0.3, -0.25) is 4.79 Å². The molecule has 0 aliphatic carbocycles. The summed E-state index contributed by atoms with van der Waals surface area (Å²) >= 11 is 0. The van der Waals surface area contributed by atoms with E-state index in [0.29, 0.717) is 46.3 Å². The van der Waals surface area contributed by atoms with E-state index in [0.717, 1.165) is 12.2 Å². The van der Waals surface area contributed by atoms with Gasteiger partial charge in [-0.1, -0.05) is 6.58 Å². The van der Waals surface area contributed by atoms with E-state index < -0.39 is 5.82 Å². The third-order valence-corrected chi connectivity index (χ3v) is 6.86. The maximum atomic E-state index is 15.3. The molecule has 0 aliphatic heterocycles. The van der Waals surface area contributed by atoms with Crippen molar-refractivity contribution in [1.82, 2.24) is 24.4 Å². The maximum absolute atomic E-state index is 15.3. The largest absolute Gasteiger partial charge is 0.494 e. The first kappa shape index (κ1) is 31.4. The number of aromatic nitrogens is 4. The number of nitrogens with one attached hydrogen (secondary N) is 2. The summed E-state index contributed by atoms with van der Waals surface area (Å²) in [5, 5.41) is 6.09. The topological polar surface area (TPSA) is 110 Å². The number of imidazole rings is 1. The van der Waals surface area contributed by atoms with Crippen LogP contribution in [0.25, 0.3) is 22.3 Å². The lowest BCUT2D eigenvalue weighted by Gasteiger charge is -2.26. The smallest absolute Gasteiger partial charge is 0.247 e. The van der Waals surface area contributed by atoms with Crippen LogP contribution in [0.3, 0.4) is 0 Å². The lowest BCUT2D eigenvalue weighted by atomic mass is 10.1. The molecule has 2 aromatic heterocycles. The van der Waals surface area contributed by atoms with Gasteiger partial charge in [0, 0.05) is 51.1 Å². The number of amides is 1. The SMILES string of the molecule is C=CC(=O)Nc1cc(Nc2nccc(-c3cc(F)c4nc(COC)n(C(C)C)c4c3)n2)c(OC)cc1N(C)CCN(C)C. The summed E-state index contributed by atoms with van der Waals surface area (Å²) in [5.41, 5.74) is 3.90. The van der Waals surface area contributed by atoms with E-state index >= 15 is 4.39 Å². The number of nitrogens with zero attached hydrogens (tertiary/aromatic N) is 6. The molecule has 0 atom stereocenters. The van der Waals surface area contributed by atoms with Crippen molar-refractivity contribution >= 4 is 40.0 Å². The van der Waals surface area contributed by atoms with Gasteiger partial charge in [-0.25, -0.2) is 19.3 Å². The standard InChI is InChI=1S/C31H39FN8O3/c1-9-29(41)34-23-16-24(27(43-8)17-25(23)39(6)13-12-38(4)5)36-31-33-11-10-22(35-31)20-14-21(32)30-26(15-20)40(19(2)3)28(37-30)18-42-7/h9-11,14-17,19H,1,12-13,18H2,2-8H3,(H,34,41)(H,33,35,36). The average molecular weight is 591 g/mol. The fraction of sp³-hybridized carbons (Fsp3) is 0.355. The molecule has 4 rings (SSSR count). The highest BCUT2D eigenvalue weighted by Crippen LogP contribution is 2.38. The summed E-state index contributed by atoms with van der Waals surface area (Å²) in [5.74, 6) is 0.648. The first-order valence-electron chi connectivity index (χ1n) is 13.9. The van der Waals surface area contributed by atoms with Crippen molar-refractivity contribution in [3.8, 4) is 17.0 Å². The van der Waals surface area contributed by atoms with Crippen LogP contribution in [-0.4, -0.2) is 78.8 Å². The van der Waals surface area contributed by atoms with Gasteiger partial charge < -0.3 is 34.5 Å². The Morgan fingerprint density at radius 3 is 2.53 bits per heavy atom. The average Bonchev–Trinajstić information content (AvgIpc) is 3.35. The number of carbonyl (C=O) groups excluding carboxylic acids is 1. The fourth-order valence-electron chi connectivity index (χ4n) is 4.76. The predicted molar refractivity (Wildman–Crippen MR) is 169 cm³/mol. The Morgan fingerprint density at radius 2 is 1.88 bits per heavy atom. The van der Waals surface area contributed by atoms with Gasteiger partial charge in [0.2, 0.25) is 11.9 Å². The van der Waals surface area contributed by atoms with E-state index in [4.69, 9.17) is 9.47 Å². The van der Waals surface area contributed by atoms with Gasteiger partial charge in [-0.05, 0) is 58.3 Å². The van der Waals surface area contributed by atoms with Crippen LogP contribution in [0.4, 0.5) is 27.4 Å². The van der Waals surface area contributed by atoms with E-state index in [1.165, 1.54) is 12.1 Å². The molecule has 228 valence electrons. The Labute approximate surface area is 251 Å². The third kappa shape index (κ3) is 7.09. The van der Waals surface area contributed by atoms with E-state index in [1.807, 2.05) is 56.6 Å². The molecule has 43 heavy (non-hydrogen) atoms. The summed E-state index contributed by atoms with van der Waals surface area (Å²) in [6, 6.07) is 8.66. The Hall–Kier alpha value is -4.55. The number of benzene rings is 2. The van der Waals surface area contributed by atoms with Gasteiger partial charge in [-0.2, -0.15) is 0 Å². The zero-order chi connectivity index (χ0) is 31.3. The minimum absolute atomic E-state index is 0.0422. The number of ether oxygens (including phenoxy) is 2. The van der Waals surface area contributed by atoms with Crippen LogP contribution < -0.4 is 20.3 Å². The Kier molecular flexibility index (Phi) is 9.94. The van der Waals surface area contributed by atoms with Crippen LogP contribution in [-0.2, 0) is 16.1 Å². The Morgan fingerprint density at radius 1 is 1.12 bits per heavy atom. The van der Waals surface area contributed by atoms with E-state index in [9.17, 15) is 4.79 Å². The summed E-state index contributed by atoms with van der Waals surface area (Å²) in [6.07, 6.45) is 2.81. The third-order valence-electron chi connectivity index (χ3n) is 6.86. The van der Waals surface area contributed by atoms with Crippen molar-refractivity contribution in [2.45, 2.75) is 26.5 Å². The summed E-state index contributed by atoms with van der Waals surface area (Å²) < 4.78 is 28.3.